The number of thiophene rings is 1. The lowest BCUT2D eigenvalue weighted by molar-refractivity contribution is 1.06. The lowest BCUT2D eigenvalue weighted by Gasteiger charge is -1.92. The zero-order valence-corrected chi connectivity index (χ0v) is 9.88. The average Bonchev–Trinajstić information content (AvgIpc) is 2.71. The van der Waals surface area contributed by atoms with Gasteiger partial charge < -0.3 is 4.98 Å². The number of imidazole rings is 1. The Morgan fingerprint density at radius 1 is 1.62 bits per heavy atom. The van der Waals surface area contributed by atoms with Gasteiger partial charge in [-0.25, -0.2) is 4.98 Å². The van der Waals surface area contributed by atoms with Gasteiger partial charge in [-0.1, -0.05) is 11.8 Å². The second-order valence-corrected chi connectivity index (χ2v) is 5.29. The van der Waals surface area contributed by atoms with E-state index in [0.29, 0.717) is 0 Å². The number of aromatic nitrogens is 2. The van der Waals surface area contributed by atoms with Gasteiger partial charge in [-0.05, 0) is 22.0 Å². The summed E-state index contributed by atoms with van der Waals surface area (Å²) >= 11 is 6.91. The molecule has 0 saturated heterocycles. The van der Waals surface area contributed by atoms with Gasteiger partial charge in [-0.15, -0.1) is 11.3 Å². The average molecular weight is 275 g/mol. The summed E-state index contributed by atoms with van der Waals surface area (Å²) in [6.45, 7) is 0. The maximum Gasteiger partial charge on any atom is 0.165 e. The van der Waals surface area contributed by atoms with E-state index in [2.05, 4.69) is 37.3 Å². The summed E-state index contributed by atoms with van der Waals surface area (Å²) in [5, 5.41) is 3.07. The van der Waals surface area contributed by atoms with Gasteiger partial charge in [-0.2, -0.15) is 0 Å². The molecular weight excluding hydrogens is 268 g/mol. The van der Waals surface area contributed by atoms with E-state index in [1.807, 2.05) is 6.20 Å². The number of hydrogen-bond acceptors (Lipinski definition) is 3. The third kappa shape index (κ3) is 2.59. The second kappa shape index (κ2) is 4.30. The Morgan fingerprint density at radius 2 is 2.54 bits per heavy atom. The van der Waals surface area contributed by atoms with Gasteiger partial charge in [0.25, 0.3) is 0 Å². The number of thioether (sulfide) groups is 1. The van der Waals surface area contributed by atoms with Crippen LogP contribution < -0.4 is 0 Å². The molecule has 0 aromatic carbocycles. The van der Waals surface area contributed by atoms with Gasteiger partial charge in [0.05, 0.1) is 0 Å². The molecule has 0 unspecified atom stereocenters. The predicted molar refractivity (Wildman–Crippen MR) is 60.2 cm³/mol. The molecule has 0 saturated carbocycles. The van der Waals surface area contributed by atoms with Crippen molar-refractivity contribution in [3.05, 3.63) is 33.2 Å². The smallest absolute Gasteiger partial charge is 0.165 e. The van der Waals surface area contributed by atoms with Gasteiger partial charge in [0.15, 0.2) is 5.16 Å². The Balaban J connectivity index is 1.93. The van der Waals surface area contributed by atoms with Crippen LogP contribution in [0.3, 0.4) is 0 Å². The van der Waals surface area contributed by atoms with Crippen molar-refractivity contribution in [2.45, 2.75) is 10.9 Å². The molecule has 2 heterocycles. The second-order valence-electron chi connectivity index (χ2n) is 2.41. The first-order chi connectivity index (χ1) is 6.34. The van der Waals surface area contributed by atoms with Gasteiger partial charge in [0, 0.05) is 32.9 Å². The largest absolute Gasteiger partial charge is 0.340 e. The van der Waals surface area contributed by atoms with Crippen molar-refractivity contribution >= 4 is 39.0 Å². The molecule has 2 aromatic heterocycles. The van der Waals surface area contributed by atoms with Crippen molar-refractivity contribution in [2.24, 2.45) is 0 Å². The fourth-order valence-electron chi connectivity index (χ4n) is 0.899. The Morgan fingerprint density at radius 3 is 3.15 bits per heavy atom. The molecule has 5 heteroatoms. The molecule has 0 atom stereocenters. The lowest BCUT2D eigenvalue weighted by atomic mass is 10.5. The quantitative estimate of drug-likeness (QED) is 0.868. The molecule has 0 bridgehead atoms. The Labute approximate surface area is 92.9 Å². The zero-order valence-electron chi connectivity index (χ0n) is 6.66. The molecule has 0 fully saturated rings. The van der Waals surface area contributed by atoms with E-state index in [4.69, 9.17) is 0 Å². The van der Waals surface area contributed by atoms with Crippen LogP contribution in [-0.4, -0.2) is 9.97 Å². The van der Waals surface area contributed by atoms with Crippen LogP contribution in [0.15, 0.2) is 33.5 Å². The van der Waals surface area contributed by atoms with E-state index in [1.54, 1.807) is 29.3 Å². The summed E-state index contributed by atoms with van der Waals surface area (Å²) in [6, 6.07) is 2.14. The number of rotatable bonds is 3. The molecule has 2 rings (SSSR count). The number of H-pyrrole nitrogens is 1. The first kappa shape index (κ1) is 9.30. The topological polar surface area (TPSA) is 28.7 Å². The van der Waals surface area contributed by atoms with Crippen molar-refractivity contribution in [3.8, 4) is 0 Å². The van der Waals surface area contributed by atoms with Crippen LogP contribution >= 0.6 is 39.0 Å². The van der Waals surface area contributed by atoms with E-state index in [-0.39, 0.29) is 0 Å². The lowest BCUT2D eigenvalue weighted by Crippen LogP contribution is -1.75. The molecule has 0 aliphatic heterocycles. The molecule has 2 nitrogen and oxygen atoms in total. The van der Waals surface area contributed by atoms with Crippen LogP contribution in [0.25, 0.3) is 0 Å². The predicted octanol–water partition coefficient (Wildman–Crippen LogP) is 3.53. The van der Waals surface area contributed by atoms with Crippen molar-refractivity contribution in [1.29, 1.82) is 0 Å². The third-order valence-electron chi connectivity index (χ3n) is 1.45. The number of hydrogen-bond donors (Lipinski definition) is 1. The maximum atomic E-state index is 4.14. The van der Waals surface area contributed by atoms with Gasteiger partial charge in [-0.3, -0.25) is 0 Å². The van der Waals surface area contributed by atoms with Gasteiger partial charge in [0.2, 0.25) is 0 Å². The molecule has 0 radical (unpaired) electrons. The molecule has 13 heavy (non-hydrogen) atoms. The van der Waals surface area contributed by atoms with Crippen LogP contribution in [0.4, 0.5) is 0 Å². The highest BCUT2D eigenvalue weighted by Crippen LogP contribution is 2.26. The fourth-order valence-corrected chi connectivity index (χ4v) is 3.23. The summed E-state index contributed by atoms with van der Waals surface area (Å²) in [7, 11) is 0. The zero-order chi connectivity index (χ0) is 9.10. The molecule has 68 valence electrons. The molecule has 0 spiro atoms. The van der Waals surface area contributed by atoms with Crippen molar-refractivity contribution < 1.29 is 0 Å². The normalized spacial score (nSPS) is 10.5. The highest BCUT2D eigenvalue weighted by molar-refractivity contribution is 9.10. The standard InChI is InChI=1S/C8H7BrN2S2/c9-6-3-7(12-4-6)5-13-8-10-1-2-11-8/h1-4H,5H2,(H,10,11). The van der Waals surface area contributed by atoms with Gasteiger partial charge >= 0.3 is 0 Å². The highest BCUT2D eigenvalue weighted by atomic mass is 79.9. The monoisotopic (exact) mass is 274 g/mol. The first-order valence-electron chi connectivity index (χ1n) is 3.70. The molecule has 0 aliphatic carbocycles. The van der Waals surface area contributed by atoms with Crippen LogP contribution in [0.1, 0.15) is 4.88 Å². The minimum Gasteiger partial charge on any atom is -0.340 e. The van der Waals surface area contributed by atoms with Gasteiger partial charge in [0.1, 0.15) is 0 Å². The van der Waals surface area contributed by atoms with Crippen LogP contribution in [0.2, 0.25) is 0 Å². The highest BCUT2D eigenvalue weighted by Gasteiger charge is 2.00. The number of aromatic amines is 1. The summed E-state index contributed by atoms with van der Waals surface area (Å²) < 4.78 is 1.16. The van der Waals surface area contributed by atoms with Crippen LogP contribution in [0, 0.1) is 0 Å². The molecule has 0 amide bonds. The minimum atomic E-state index is 0.976. The molecule has 2 aromatic rings. The first-order valence-corrected chi connectivity index (χ1v) is 6.35. The maximum absolute atomic E-state index is 4.14. The molecule has 0 aliphatic rings. The summed E-state index contributed by atoms with van der Waals surface area (Å²) in [5.74, 6) is 0.976. The third-order valence-corrected chi connectivity index (χ3v) is 4.28. The summed E-state index contributed by atoms with van der Waals surface area (Å²) in [5.41, 5.74) is 0. The molecular formula is C8H7BrN2S2. The Kier molecular flexibility index (Phi) is 3.08. The van der Waals surface area contributed by atoms with E-state index < -0.39 is 0 Å². The number of nitrogens with one attached hydrogen (secondary N) is 1. The fraction of sp³-hybridized carbons (Fsp3) is 0.125. The Hall–Kier alpha value is -0.260. The number of nitrogens with zero attached hydrogens (tertiary/aromatic N) is 1. The van der Waals surface area contributed by atoms with Crippen molar-refractivity contribution in [2.75, 3.05) is 0 Å². The van der Waals surface area contributed by atoms with E-state index in [1.165, 1.54) is 4.88 Å². The van der Waals surface area contributed by atoms with E-state index >= 15 is 0 Å². The summed E-state index contributed by atoms with van der Waals surface area (Å²) in [6.07, 6.45) is 3.61. The van der Waals surface area contributed by atoms with E-state index in [9.17, 15) is 0 Å². The summed E-state index contributed by atoms with van der Waals surface area (Å²) in [4.78, 5) is 8.55. The van der Waals surface area contributed by atoms with Crippen LogP contribution in [-0.2, 0) is 5.75 Å². The Bertz CT molecular complexity index is 369. The number of halogens is 1. The van der Waals surface area contributed by atoms with Crippen LogP contribution in [0.5, 0.6) is 0 Å². The molecule has 1 N–H and O–H groups in total. The van der Waals surface area contributed by atoms with E-state index in [0.717, 1.165) is 15.4 Å². The minimum absolute atomic E-state index is 0.976. The van der Waals surface area contributed by atoms with Crippen molar-refractivity contribution in [3.63, 3.8) is 0 Å². The van der Waals surface area contributed by atoms with Crippen molar-refractivity contribution in [1.82, 2.24) is 9.97 Å². The SMILES string of the molecule is Brc1csc(CSc2ncc[nH]2)c1.